The van der Waals surface area contributed by atoms with Gasteiger partial charge in [-0.05, 0) is 48.7 Å². The number of unbranched alkanes of at least 4 members (excludes halogenated alkanes) is 2. The molecule has 13 heteroatoms. The van der Waals surface area contributed by atoms with Gasteiger partial charge in [0.2, 0.25) is 12.3 Å². The number of ether oxygens (including phenoxy) is 3. The molecule has 2 atom stereocenters. The monoisotopic (exact) mass is 665 g/mol. The van der Waals surface area contributed by atoms with Crippen molar-refractivity contribution in [3.8, 4) is 17.1 Å². The second-order valence-electron chi connectivity index (χ2n) is 10.8. The molecule has 48 heavy (non-hydrogen) atoms. The first kappa shape index (κ1) is 37.3. The SMILES string of the molecule is CCCCC[C@@H](C(=O)NCNC(=O)c1ccc(-c2cc(OCC(=O)OC)cc(C(=O)OC)c2)o1)[C@@H](CC)N(C=O)OCc1ccccc1. The van der Waals surface area contributed by atoms with E-state index in [4.69, 9.17) is 18.7 Å². The molecule has 0 aliphatic carbocycles. The maximum atomic E-state index is 13.4. The van der Waals surface area contributed by atoms with E-state index in [1.165, 1.54) is 49.6 Å². The molecule has 0 aliphatic rings. The fraction of sp³-hybridized carbons (Fsp3) is 0.400. The number of carbonyl (C=O) groups excluding carboxylic acids is 5. The topological polar surface area (TPSA) is 163 Å². The number of hydrogen-bond donors (Lipinski definition) is 2. The van der Waals surface area contributed by atoms with Crippen molar-refractivity contribution in [1.82, 2.24) is 15.7 Å². The van der Waals surface area contributed by atoms with Gasteiger partial charge in [0.05, 0.1) is 38.4 Å². The molecule has 0 saturated carbocycles. The lowest BCUT2D eigenvalue weighted by Gasteiger charge is -2.32. The Kier molecular flexibility index (Phi) is 15.1. The van der Waals surface area contributed by atoms with Crippen molar-refractivity contribution in [2.45, 2.75) is 58.6 Å². The molecule has 0 spiro atoms. The molecule has 3 rings (SSSR count). The number of rotatable bonds is 20. The van der Waals surface area contributed by atoms with Crippen LogP contribution in [-0.2, 0) is 35.3 Å². The third kappa shape index (κ3) is 11.0. The molecule has 0 radical (unpaired) electrons. The first-order chi connectivity index (χ1) is 23.2. The minimum Gasteiger partial charge on any atom is -0.482 e. The highest BCUT2D eigenvalue weighted by Gasteiger charge is 2.32. The Hall–Kier alpha value is -5.17. The Morgan fingerprint density at radius 1 is 0.938 bits per heavy atom. The van der Waals surface area contributed by atoms with Gasteiger partial charge in [-0.1, -0.05) is 63.4 Å². The summed E-state index contributed by atoms with van der Waals surface area (Å²) in [7, 11) is 2.45. The van der Waals surface area contributed by atoms with E-state index in [0.29, 0.717) is 24.8 Å². The number of hydroxylamine groups is 2. The standard InChI is InChI=1S/C35H43N3O10/c1-5-7-9-14-28(29(6-2)38(23-39)47-20-24-12-10-8-11-13-24)33(41)36-22-37-34(42)31-16-15-30(48-31)25-17-26(35(43)45-4)19-27(18-25)46-21-32(40)44-3/h8,10-13,15-19,23,28-29H,5-7,9,14,20-22H2,1-4H3,(H,36,41)(H,37,42)/t28-,29-/m1/s1. The molecule has 1 aromatic heterocycles. The summed E-state index contributed by atoms with van der Waals surface area (Å²) in [5.74, 6) is -2.38. The van der Waals surface area contributed by atoms with Crippen LogP contribution in [0, 0.1) is 5.92 Å². The predicted molar refractivity (Wildman–Crippen MR) is 174 cm³/mol. The maximum absolute atomic E-state index is 13.4. The minimum atomic E-state index is -0.641. The molecule has 3 aromatic rings. The van der Waals surface area contributed by atoms with Gasteiger partial charge < -0.3 is 29.3 Å². The summed E-state index contributed by atoms with van der Waals surface area (Å²) in [5, 5.41) is 6.60. The second-order valence-corrected chi connectivity index (χ2v) is 10.8. The number of nitrogens with zero attached hydrogens (tertiary/aromatic N) is 1. The van der Waals surface area contributed by atoms with Crippen molar-refractivity contribution < 1.29 is 47.4 Å². The molecule has 2 aromatic carbocycles. The minimum absolute atomic E-state index is 0.0490. The first-order valence-electron chi connectivity index (χ1n) is 15.7. The van der Waals surface area contributed by atoms with Gasteiger partial charge in [0.1, 0.15) is 18.1 Å². The number of carbonyl (C=O) groups is 5. The molecule has 0 fully saturated rings. The van der Waals surface area contributed by atoms with Crippen LogP contribution in [0.3, 0.4) is 0 Å². The van der Waals surface area contributed by atoms with E-state index >= 15 is 0 Å². The number of furan rings is 1. The quantitative estimate of drug-likeness (QED) is 0.0571. The smallest absolute Gasteiger partial charge is 0.343 e. The number of benzene rings is 2. The van der Waals surface area contributed by atoms with E-state index in [0.717, 1.165) is 24.8 Å². The predicted octanol–water partition coefficient (Wildman–Crippen LogP) is 4.65. The second kappa shape index (κ2) is 19.5. The van der Waals surface area contributed by atoms with Crippen LogP contribution in [0.1, 0.15) is 72.4 Å². The van der Waals surface area contributed by atoms with E-state index in [1.54, 1.807) is 0 Å². The fourth-order valence-electron chi connectivity index (χ4n) is 4.99. The van der Waals surface area contributed by atoms with Crippen molar-refractivity contribution in [3.05, 3.63) is 77.6 Å². The molecule has 2 N–H and O–H groups in total. The van der Waals surface area contributed by atoms with Gasteiger partial charge in [0.15, 0.2) is 12.4 Å². The molecular weight excluding hydrogens is 622 g/mol. The average molecular weight is 666 g/mol. The van der Waals surface area contributed by atoms with Crippen LogP contribution in [-0.4, -0.2) is 68.8 Å². The summed E-state index contributed by atoms with van der Waals surface area (Å²) in [6.45, 7) is 3.55. The van der Waals surface area contributed by atoms with Crippen LogP contribution >= 0.6 is 0 Å². The summed E-state index contributed by atoms with van der Waals surface area (Å²) in [6.07, 6.45) is 4.27. The van der Waals surface area contributed by atoms with E-state index in [2.05, 4.69) is 22.3 Å². The Morgan fingerprint density at radius 2 is 1.71 bits per heavy atom. The lowest BCUT2D eigenvalue weighted by atomic mass is 9.90. The largest absolute Gasteiger partial charge is 0.482 e. The van der Waals surface area contributed by atoms with Gasteiger partial charge in [-0.25, -0.2) is 14.7 Å². The number of amides is 3. The maximum Gasteiger partial charge on any atom is 0.343 e. The van der Waals surface area contributed by atoms with Crippen LogP contribution in [0.2, 0.25) is 0 Å². The fourth-order valence-corrected chi connectivity index (χ4v) is 4.99. The summed E-state index contributed by atoms with van der Waals surface area (Å²) in [6, 6.07) is 16.3. The molecule has 258 valence electrons. The van der Waals surface area contributed by atoms with Crippen molar-refractivity contribution in [3.63, 3.8) is 0 Å². The summed E-state index contributed by atoms with van der Waals surface area (Å²) in [4.78, 5) is 68.0. The van der Waals surface area contributed by atoms with Gasteiger partial charge >= 0.3 is 11.9 Å². The highest BCUT2D eigenvalue weighted by Crippen LogP contribution is 2.29. The number of nitrogens with one attached hydrogen (secondary N) is 2. The number of methoxy groups -OCH3 is 2. The summed E-state index contributed by atoms with van der Waals surface area (Å²) in [5.41, 5.74) is 1.41. The molecule has 0 saturated heterocycles. The molecule has 0 unspecified atom stereocenters. The molecule has 1 heterocycles. The van der Waals surface area contributed by atoms with E-state index in [9.17, 15) is 24.0 Å². The lowest BCUT2D eigenvalue weighted by molar-refractivity contribution is -0.200. The van der Waals surface area contributed by atoms with Crippen molar-refractivity contribution in [2.24, 2.45) is 5.92 Å². The summed E-state index contributed by atoms with van der Waals surface area (Å²) >= 11 is 0. The van der Waals surface area contributed by atoms with Gasteiger partial charge in [-0.15, -0.1) is 0 Å². The van der Waals surface area contributed by atoms with Gasteiger partial charge in [-0.2, -0.15) is 0 Å². The Balaban J connectivity index is 1.67. The molecule has 13 nitrogen and oxygen atoms in total. The van der Waals surface area contributed by atoms with Gasteiger partial charge in [0.25, 0.3) is 5.91 Å². The Bertz CT molecular complexity index is 1510. The normalized spacial score (nSPS) is 11.9. The highest BCUT2D eigenvalue weighted by atomic mass is 16.7. The molecule has 0 bridgehead atoms. The van der Waals surface area contributed by atoms with Gasteiger partial charge in [-0.3, -0.25) is 19.2 Å². The zero-order chi connectivity index (χ0) is 34.9. The zero-order valence-corrected chi connectivity index (χ0v) is 27.7. The van der Waals surface area contributed by atoms with Gasteiger partial charge in [0, 0.05) is 5.56 Å². The van der Waals surface area contributed by atoms with Crippen LogP contribution in [0.4, 0.5) is 0 Å². The Labute approximate surface area is 279 Å². The molecule has 3 amide bonds. The van der Waals surface area contributed by atoms with Crippen molar-refractivity contribution in [2.75, 3.05) is 27.5 Å². The van der Waals surface area contributed by atoms with E-state index in [1.807, 2.05) is 37.3 Å². The van der Waals surface area contributed by atoms with Crippen LogP contribution < -0.4 is 15.4 Å². The first-order valence-corrected chi connectivity index (χ1v) is 15.7. The third-order valence-corrected chi connectivity index (χ3v) is 7.53. The molecule has 0 aliphatic heterocycles. The van der Waals surface area contributed by atoms with E-state index < -0.39 is 29.8 Å². The lowest BCUT2D eigenvalue weighted by Crippen LogP contribution is -2.48. The van der Waals surface area contributed by atoms with Crippen LogP contribution in [0.25, 0.3) is 11.3 Å². The number of esters is 2. The summed E-state index contributed by atoms with van der Waals surface area (Å²) < 4.78 is 20.6. The van der Waals surface area contributed by atoms with Crippen LogP contribution in [0.15, 0.2) is 65.1 Å². The van der Waals surface area contributed by atoms with Crippen molar-refractivity contribution in [1.29, 1.82) is 0 Å². The van der Waals surface area contributed by atoms with E-state index in [-0.39, 0.29) is 48.6 Å². The zero-order valence-electron chi connectivity index (χ0n) is 27.7. The number of hydrogen-bond acceptors (Lipinski definition) is 10. The van der Waals surface area contributed by atoms with Crippen molar-refractivity contribution >= 4 is 30.2 Å². The Morgan fingerprint density at radius 3 is 2.38 bits per heavy atom. The molecular formula is C35H43N3O10. The third-order valence-electron chi connectivity index (χ3n) is 7.53. The van der Waals surface area contributed by atoms with Crippen LogP contribution in [0.5, 0.6) is 5.75 Å². The average Bonchev–Trinajstić information content (AvgIpc) is 3.62. The highest BCUT2D eigenvalue weighted by molar-refractivity contribution is 5.93.